The van der Waals surface area contributed by atoms with Crippen molar-refractivity contribution in [3.63, 3.8) is 0 Å². The number of ether oxygens (including phenoxy) is 2. The number of para-hydroxylation sites is 2. The van der Waals surface area contributed by atoms with Crippen molar-refractivity contribution >= 4 is 27.6 Å². The number of amides is 1. The van der Waals surface area contributed by atoms with E-state index in [-0.39, 0.29) is 23.8 Å². The maximum absolute atomic E-state index is 13.0. The smallest absolute Gasteiger partial charge is 0.348 e. The predicted molar refractivity (Wildman–Crippen MR) is 123 cm³/mol. The molecule has 0 N–H and O–H groups in total. The van der Waals surface area contributed by atoms with E-state index in [9.17, 15) is 18.0 Å². The second kappa shape index (κ2) is 9.93. The van der Waals surface area contributed by atoms with E-state index >= 15 is 0 Å². The van der Waals surface area contributed by atoms with Crippen LogP contribution in [0.15, 0.2) is 53.4 Å². The van der Waals surface area contributed by atoms with Gasteiger partial charge in [-0.2, -0.15) is 4.31 Å². The highest BCUT2D eigenvalue weighted by molar-refractivity contribution is 7.89. The molecule has 8 nitrogen and oxygen atoms in total. The number of aryl methyl sites for hydroxylation is 1. The summed E-state index contributed by atoms with van der Waals surface area (Å²) in [5, 5.41) is 0. The summed E-state index contributed by atoms with van der Waals surface area (Å²) in [7, 11) is -2.19. The van der Waals surface area contributed by atoms with Crippen molar-refractivity contribution < 1.29 is 27.5 Å². The summed E-state index contributed by atoms with van der Waals surface area (Å²) in [5.41, 5.74) is 1.48. The average molecular weight is 473 g/mol. The molecule has 0 bridgehead atoms. The molecule has 0 aromatic heterocycles. The molecule has 176 valence electrons. The first kappa shape index (κ1) is 23.3. The Balaban J connectivity index is 1.42. The molecule has 2 aliphatic rings. The maximum atomic E-state index is 13.0. The zero-order chi connectivity index (χ0) is 23.4. The predicted octanol–water partition coefficient (Wildman–Crippen LogP) is 2.76. The van der Waals surface area contributed by atoms with Crippen molar-refractivity contribution in [1.82, 2.24) is 4.31 Å². The third-order valence-corrected chi connectivity index (χ3v) is 7.96. The van der Waals surface area contributed by atoms with Crippen LogP contribution in [0.1, 0.15) is 31.2 Å². The first-order valence-corrected chi connectivity index (χ1v) is 12.6. The first-order chi connectivity index (χ1) is 15.9. The summed E-state index contributed by atoms with van der Waals surface area (Å²) in [5.74, 6) is -0.225. The van der Waals surface area contributed by atoms with E-state index < -0.39 is 22.1 Å². The summed E-state index contributed by atoms with van der Waals surface area (Å²) < 4.78 is 37.7. The number of nitrogens with zero attached hydrogens (tertiary/aromatic N) is 2. The Kier molecular flexibility index (Phi) is 6.99. The average Bonchev–Trinajstić information content (AvgIpc) is 2.86. The minimum atomic E-state index is -3.48. The van der Waals surface area contributed by atoms with E-state index in [1.807, 2.05) is 6.07 Å². The molecule has 2 heterocycles. The lowest BCUT2D eigenvalue weighted by molar-refractivity contribution is -0.148. The van der Waals surface area contributed by atoms with Gasteiger partial charge in [-0.05, 0) is 49.1 Å². The molecular weight excluding hydrogens is 444 g/mol. The van der Waals surface area contributed by atoms with Gasteiger partial charge in [0.1, 0.15) is 5.75 Å². The lowest BCUT2D eigenvalue weighted by atomic mass is 10.1. The van der Waals surface area contributed by atoms with Crippen molar-refractivity contribution in [2.45, 2.75) is 43.1 Å². The van der Waals surface area contributed by atoms with Crippen molar-refractivity contribution in [3.05, 3.63) is 54.1 Å². The fourth-order valence-corrected chi connectivity index (χ4v) is 5.71. The number of rotatable bonds is 6. The van der Waals surface area contributed by atoms with Crippen molar-refractivity contribution in [3.8, 4) is 5.75 Å². The Morgan fingerprint density at radius 2 is 1.73 bits per heavy atom. The van der Waals surface area contributed by atoms with Crippen LogP contribution in [-0.4, -0.2) is 57.4 Å². The van der Waals surface area contributed by atoms with E-state index in [1.54, 1.807) is 51.7 Å². The van der Waals surface area contributed by atoms with Crippen LogP contribution in [0.4, 0.5) is 5.69 Å². The molecular formula is C24H28N2O6S. The minimum absolute atomic E-state index is 0.0789. The molecule has 1 amide bonds. The highest BCUT2D eigenvalue weighted by atomic mass is 32.2. The molecule has 2 aliphatic heterocycles. The van der Waals surface area contributed by atoms with Gasteiger partial charge in [0, 0.05) is 19.5 Å². The van der Waals surface area contributed by atoms with Gasteiger partial charge in [-0.25, -0.2) is 13.2 Å². The SMILES string of the molecule is COC(=O)[C@H]1CN(C(=O)CCc2ccc(S(=O)(=O)N3CCCCC3)cc2)c2ccccc2O1. The summed E-state index contributed by atoms with van der Waals surface area (Å²) in [4.78, 5) is 26.9. The van der Waals surface area contributed by atoms with Gasteiger partial charge in [0.05, 0.1) is 24.2 Å². The Morgan fingerprint density at radius 3 is 2.42 bits per heavy atom. The summed E-state index contributed by atoms with van der Waals surface area (Å²) in [6.45, 7) is 1.20. The Morgan fingerprint density at radius 1 is 1.03 bits per heavy atom. The van der Waals surface area contributed by atoms with Gasteiger partial charge in [-0.1, -0.05) is 30.7 Å². The second-order valence-corrected chi connectivity index (χ2v) is 10.1. The number of esters is 1. The topological polar surface area (TPSA) is 93.2 Å². The molecule has 0 unspecified atom stereocenters. The van der Waals surface area contributed by atoms with Crippen LogP contribution in [0.5, 0.6) is 5.75 Å². The van der Waals surface area contributed by atoms with Gasteiger partial charge >= 0.3 is 5.97 Å². The molecule has 0 aliphatic carbocycles. The number of methoxy groups -OCH3 is 1. The number of carbonyl (C=O) groups is 2. The number of piperidine rings is 1. The molecule has 0 saturated carbocycles. The molecule has 9 heteroatoms. The lowest BCUT2D eigenvalue weighted by Gasteiger charge is -2.33. The number of anilines is 1. The van der Waals surface area contributed by atoms with Gasteiger partial charge in [-0.15, -0.1) is 0 Å². The molecule has 0 spiro atoms. The van der Waals surface area contributed by atoms with E-state index in [0.29, 0.717) is 30.9 Å². The molecule has 0 radical (unpaired) electrons. The lowest BCUT2D eigenvalue weighted by Crippen LogP contribution is -2.47. The summed E-state index contributed by atoms with van der Waals surface area (Å²) >= 11 is 0. The zero-order valence-corrected chi connectivity index (χ0v) is 19.4. The van der Waals surface area contributed by atoms with Crippen LogP contribution in [-0.2, 0) is 30.8 Å². The zero-order valence-electron chi connectivity index (χ0n) is 18.6. The molecule has 1 saturated heterocycles. The third kappa shape index (κ3) is 5.04. The molecule has 2 aromatic rings. The number of fused-ring (bicyclic) bond motifs is 1. The molecule has 33 heavy (non-hydrogen) atoms. The van der Waals surface area contributed by atoms with Gasteiger partial charge in [-0.3, -0.25) is 4.79 Å². The number of benzene rings is 2. The van der Waals surface area contributed by atoms with E-state index in [0.717, 1.165) is 24.8 Å². The number of hydrogen-bond acceptors (Lipinski definition) is 6. The first-order valence-electron chi connectivity index (χ1n) is 11.1. The van der Waals surface area contributed by atoms with E-state index in [2.05, 4.69) is 0 Å². The second-order valence-electron chi connectivity index (χ2n) is 8.21. The highest BCUT2D eigenvalue weighted by Crippen LogP contribution is 2.34. The molecule has 2 aromatic carbocycles. The third-order valence-electron chi connectivity index (χ3n) is 6.04. The normalized spacial score (nSPS) is 18.8. The number of hydrogen-bond donors (Lipinski definition) is 0. The van der Waals surface area contributed by atoms with Crippen LogP contribution >= 0.6 is 0 Å². The summed E-state index contributed by atoms with van der Waals surface area (Å²) in [6, 6.07) is 13.8. The van der Waals surface area contributed by atoms with Crippen molar-refractivity contribution in [2.24, 2.45) is 0 Å². The van der Waals surface area contributed by atoms with Crippen LogP contribution in [0, 0.1) is 0 Å². The van der Waals surface area contributed by atoms with Gasteiger partial charge < -0.3 is 14.4 Å². The molecule has 1 fully saturated rings. The van der Waals surface area contributed by atoms with E-state index in [1.165, 1.54) is 7.11 Å². The quantitative estimate of drug-likeness (QED) is 0.601. The summed E-state index contributed by atoms with van der Waals surface area (Å²) in [6.07, 6.45) is 2.62. The van der Waals surface area contributed by atoms with Gasteiger partial charge in [0.15, 0.2) is 0 Å². The Labute approximate surface area is 194 Å². The van der Waals surface area contributed by atoms with Crippen LogP contribution in [0.25, 0.3) is 0 Å². The van der Waals surface area contributed by atoms with Gasteiger partial charge in [0.25, 0.3) is 0 Å². The fraction of sp³-hybridized carbons (Fsp3) is 0.417. The van der Waals surface area contributed by atoms with Crippen molar-refractivity contribution in [2.75, 3.05) is 31.6 Å². The van der Waals surface area contributed by atoms with Crippen LogP contribution < -0.4 is 9.64 Å². The highest BCUT2D eigenvalue weighted by Gasteiger charge is 2.34. The largest absolute Gasteiger partial charge is 0.475 e. The Hall–Kier alpha value is -2.91. The van der Waals surface area contributed by atoms with E-state index in [4.69, 9.17) is 9.47 Å². The van der Waals surface area contributed by atoms with Crippen LogP contribution in [0.3, 0.4) is 0 Å². The fourth-order valence-electron chi connectivity index (χ4n) is 4.19. The van der Waals surface area contributed by atoms with Crippen LogP contribution in [0.2, 0.25) is 0 Å². The van der Waals surface area contributed by atoms with Gasteiger partial charge in [0.2, 0.25) is 22.0 Å². The van der Waals surface area contributed by atoms with Crippen molar-refractivity contribution in [1.29, 1.82) is 0 Å². The standard InChI is InChI=1S/C24H28N2O6S/c1-31-24(28)22-17-26(20-7-3-4-8-21(20)32-22)23(27)14-11-18-9-12-19(13-10-18)33(29,30)25-15-5-2-6-16-25/h3-4,7-10,12-13,22H,2,5-6,11,14-17H2,1H3/t22-/m1/s1. The minimum Gasteiger partial charge on any atom is -0.475 e. The number of sulfonamides is 1. The molecule has 1 atom stereocenters. The monoisotopic (exact) mass is 472 g/mol. The maximum Gasteiger partial charge on any atom is 0.348 e. The number of carbonyl (C=O) groups excluding carboxylic acids is 2. The molecule has 4 rings (SSSR count). The Bertz CT molecular complexity index is 1110.